The molecule has 0 radical (unpaired) electrons. The molecule has 1 heterocycles. The number of carbonyl (C=O) groups excluding carboxylic acids is 2. The first kappa shape index (κ1) is 18.9. The van der Waals surface area contributed by atoms with Crippen molar-refractivity contribution in [2.24, 2.45) is 0 Å². The molecule has 0 atom stereocenters. The van der Waals surface area contributed by atoms with Gasteiger partial charge in [-0.1, -0.05) is 18.2 Å². The van der Waals surface area contributed by atoms with Crippen molar-refractivity contribution >= 4 is 28.7 Å². The molecular weight excluding hydrogens is 344 g/mol. The summed E-state index contributed by atoms with van der Waals surface area (Å²) < 4.78 is 10.5. The number of benzene rings is 2. The predicted octanol–water partition coefficient (Wildman–Crippen LogP) is 2.18. The summed E-state index contributed by atoms with van der Waals surface area (Å²) in [4.78, 5) is 27.7. The van der Waals surface area contributed by atoms with Gasteiger partial charge in [0.1, 0.15) is 5.75 Å². The molecule has 142 valence electrons. The fourth-order valence-electron chi connectivity index (χ4n) is 2.96. The number of hydrogen-bond donors (Lipinski definition) is 0. The van der Waals surface area contributed by atoms with Crippen LogP contribution in [0.2, 0.25) is 0 Å². The van der Waals surface area contributed by atoms with Gasteiger partial charge < -0.3 is 19.3 Å². The van der Waals surface area contributed by atoms with E-state index < -0.39 is 0 Å². The van der Waals surface area contributed by atoms with Crippen molar-refractivity contribution in [1.82, 2.24) is 9.80 Å². The van der Waals surface area contributed by atoms with Gasteiger partial charge >= 0.3 is 0 Å². The van der Waals surface area contributed by atoms with Crippen LogP contribution in [0.25, 0.3) is 16.8 Å². The lowest BCUT2D eigenvalue weighted by Gasteiger charge is -2.28. The minimum Gasteiger partial charge on any atom is -0.497 e. The van der Waals surface area contributed by atoms with E-state index in [9.17, 15) is 9.59 Å². The number of morpholine rings is 1. The molecule has 3 rings (SSSR count). The maximum atomic E-state index is 12.3. The van der Waals surface area contributed by atoms with Crippen LogP contribution in [0.15, 0.2) is 42.5 Å². The van der Waals surface area contributed by atoms with E-state index in [0.29, 0.717) is 26.3 Å². The average molecular weight is 368 g/mol. The van der Waals surface area contributed by atoms with Crippen LogP contribution in [0.1, 0.15) is 5.56 Å². The number of nitrogens with zero attached hydrogens (tertiary/aromatic N) is 2. The lowest BCUT2D eigenvalue weighted by Crippen LogP contribution is -2.45. The van der Waals surface area contributed by atoms with Gasteiger partial charge in [0.15, 0.2) is 0 Å². The third-order valence-electron chi connectivity index (χ3n) is 4.60. The Morgan fingerprint density at radius 3 is 2.59 bits per heavy atom. The number of methoxy groups -OCH3 is 1. The fraction of sp³-hybridized carbons (Fsp3) is 0.333. The molecule has 0 N–H and O–H groups in total. The highest BCUT2D eigenvalue weighted by Crippen LogP contribution is 2.22. The zero-order valence-corrected chi connectivity index (χ0v) is 15.7. The minimum absolute atomic E-state index is 0.0535. The summed E-state index contributed by atoms with van der Waals surface area (Å²) in [7, 11) is 3.28. The Labute approximate surface area is 159 Å². The van der Waals surface area contributed by atoms with Crippen LogP contribution in [0.4, 0.5) is 0 Å². The number of fused-ring (bicyclic) bond motifs is 1. The SMILES string of the molecule is COc1ccc2cc(/C=C/C(=O)N(C)CC(=O)N3CCOCC3)ccc2c1. The number of amides is 2. The van der Waals surface area contributed by atoms with Crippen molar-refractivity contribution in [1.29, 1.82) is 0 Å². The first-order valence-electron chi connectivity index (χ1n) is 8.93. The molecule has 1 saturated heterocycles. The molecule has 1 aliphatic heterocycles. The lowest BCUT2D eigenvalue weighted by molar-refractivity contribution is -0.140. The van der Waals surface area contributed by atoms with E-state index in [2.05, 4.69) is 0 Å². The maximum absolute atomic E-state index is 12.3. The topological polar surface area (TPSA) is 59.1 Å². The van der Waals surface area contributed by atoms with Crippen LogP contribution in [-0.2, 0) is 14.3 Å². The number of carbonyl (C=O) groups is 2. The van der Waals surface area contributed by atoms with Gasteiger partial charge in [-0.2, -0.15) is 0 Å². The third kappa shape index (κ3) is 4.86. The standard InChI is InChI=1S/C21H24N2O4/c1-22(15-21(25)23-9-11-27-12-10-23)20(24)8-4-16-3-5-18-14-19(26-2)7-6-17(18)13-16/h3-8,13-14H,9-12,15H2,1-2H3/b8-4+. The number of rotatable bonds is 5. The first-order chi connectivity index (χ1) is 13.1. The van der Waals surface area contributed by atoms with Crippen molar-refractivity contribution in [2.45, 2.75) is 0 Å². The third-order valence-corrected chi connectivity index (χ3v) is 4.60. The normalized spacial score (nSPS) is 14.5. The molecule has 1 aliphatic rings. The van der Waals surface area contributed by atoms with Gasteiger partial charge in [-0.15, -0.1) is 0 Å². The average Bonchev–Trinajstić information content (AvgIpc) is 2.71. The van der Waals surface area contributed by atoms with E-state index in [1.54, 1.807) is 25.1 Å². The maximum Gasteiger partial charge on any atom is 0.246 e. The molecule has 0 spiro atoms. The summed E-state index contributed by atoms with van der Waals surface area (Å²) in [6, 6.07) is 11.8. The van der Waals surface area contributed by atoms with Crippen LogP contribution in [0.5, 0.6) is 5.75 Å². The second-order valence-electron chi connectivity index (χ2n) is 6.49. The molecule has 0 aliphatic carbocycles. The highest BCUT2D eigenvalue weighted by molar-refractivity contribution is 5.95. The van der Waals surface area contributed by atoms with E-state index in [0.717, 1.165) is 22.1 Å². The molecule has 2 aromatic rings. The zero-order chi connectivity index (χ0) is 19.2. The first-order valence-corrected chi connectivity index (χ1v) is 8.93. The monoisotopic (exact) mass is 368 g/mol. The quantitative estimate of drug-likeness (QED) is 0.759. The Morgan fingerprint density at radius 2 is 1.85 bits per heavy atom. The molecule has 0 bridgehead atoms. The van der Waals surface area contributed by atoms with Crippen LogP contribution in [0, 0.1) is 0 Å². The number of likely N-dealkylation sites (N-methyl/N-ethyl adjacent to an activating group) is 1. The minimum atomic E-state index is -0.202. The van der Waals surface area contributed by atoms with Crippen LogP contribution in [-0.4, -0.2) is 68.6 Å². The van der Waals surface area contributed by atoms with Gasteiger partial charge in [-0.25, -0.2) is 0 Å². The van der Waals surface area contributed by atoms with Crippen molar-refractivity contribution < 1.29 is 19.1 Å². The summed E-state index contributed by atoms with van der Waals surface area (Å²) in [5, 5.41) is 2.15. The van der Waals surface area contributed by atoms with E-state index >= 15 is 0 Å². The largest absolute Gasteiger partial charge is 0.497 e. The predicted molar refractivity (Wildman–Crippen MR) is 105 cm³/mol. The second kappa shape index (κ2) is 8.68. The molecule has 0 aromatic heterocycles. The van der Waals surface area contributed by atoms with E-state index in [-0.39, 0.29) is 18.4 Å². The number of ether oxygens (including phenoxy) is 2. The van der Waals surface area contributed by atoms with Crippen LogP contribution >= 0.6 is 0 Å². The van der Waals surface area contributed by atoms with E-state index in [1.807, 2.05) is 36.4 Å². The highest BCUT2D eigenvalue weighted by Gasteiger charge is 2.19. The molecule has 1 fully saturated rings. The molecule has 2 amide bonds. The molecule has 27 heavy (non-hydrogen) atoms. The Kier molecular flexibility index (Phi) is 6.08. The second-order valence-corrected chi connectivity index (χ2v) is 6.49. The summed E-state index contributed by atoms with van der Waals surface area (Å²) in [5.41, 5.74) is 0.925. The van der Waals surface area contributed by atoms with Gasteiger partial charge in [0.05, 0.1) is 26.9 Å². The van der Waals surface area contributed by atoms with Crippen molar-refractivity contribution in [2.75, 3.05) is 47.0 Å². The van der Waals surface area contributed by atoms with Gasteiger partial charge in [0, 0.05) is 26.2 Å². The summed E-state index contributed by atoms with van der Waals surface area (Å²) >= 11 is 0. The highest BCUT2D eigenvalue weighted by atomic mass is 16.5. The van der Waals surface area contributed by atoms with Gasteiger partial charge in [0.2, 0.25) is 11.8 Å². The van der Waals surface area contributed by atoms with Gasteiger partial charge in [-0.3, -0.25) is 9.59 Å². The van der Waals surface area contributed by atoms with E-state index in [1.165, 1.54) is 11.0 Å². The molecule has 6 nitrogen and oxygen atoms in total. The van der Waals surface area contributed by atoms with Gasteiger partial charge in [-0.05, 0) is 40.6 Å². The summed E-state index contributed by atoms with van der Waals surface area (Å²) in [6.07, 6.45) is 3.26. The Balaban J connectivity index is 1.61. The Bertz CT molecular complexity index is 856. The van der Waals surface area contributed by atoms with Crippen LogP contribution in [0.3, 0.4) is 0 Å². The molecular formula is C21H24N2O4. The number of hydrogen-bond acceptors (Lipinski definition) is 4. The van der Waals surface area contributed by atoms with E-state index in [4.69, 9.17) is 9.47 Å². The summed E-state index contributed by atoms with van der Waals surface area (Å²) in [6.45, 7) is 2.34. The summed E-state index contributed by atoms with van der Waals surface area (Å²) in [5.74, 6) is 0.557. The van der Waals surface area contributed by atoms with Gasteiger partial charge in [0.25, 0.3) is 0 Å². The smallest absolute Gasteiger partial charge is 0.246 e. The van der Waals surface area contributed by atoms with Crippen LogP contribution < -0.4 is 4.74 Å². The molecule has 2 aromatic carbocycles. The Morgan fingerprint density at radius 1 is 1.15 bits per heavy atom. The zero-order valence-electron chi connectivity index (χ0n) is 15.7. The Hall–Kier alpha value is -2.86. The molecule has 0 unspecified atom stereocenters. The van der Waals surface area contributed by atoms with Crippen molar-refractivity contribution in [3.05, 3.63) is 48.0 Å². The molecule has 6 heteroatoms. The van der Waals surface area contributed by atoms with Crippen molar-refractivity contribution in [3.8, 4) is 5.75 Å². The van der Waals surface area contributed by atoms with Crippen molar-refractivity contribution in [3.63, 3.8) is 0 Å². The fourth-order valence-corrected chi connectivity index (χ4v) is 2.96. The molecule has 0 saturated carbocycles. The lowest BCUT2D eigenvalue weighted by atomic mass is 10.1.